The summed E-state index contributed by atoms with van der Waals surface area (Å²) >= 11 is 5.92. The summed E-state index contributed by atoms with van der Waals surface area (Å²) in [6, 6.07) is 5.34. The average molecular weight is 252 g/mol. The van der Waals surface area contributed by atoms with Gasteiger partial charge in [0.15, 0.2) is 0 Å². The topological polar surface area (TPSA) is 38.3 Å². The van der Waals surface area contributed by atoms with Crippen LogP contribution in [0.25, 0.3) is 5.57 Å². The number of ether oxygens (including phenoxy) is 1. The van der Waals surface area contributed by atoms with E-state index >= 15 is 0 Å². The summed E-state index contributed by atoms with van der Waals surface area (Å²) in [7, 11) is 1.38. The van der Waals surface area contributed by atoms with Crippen molar-refractivity contribution in [2.75, 3.05) is 20.2 Å². The van der Waals surface area contributed by atoms with Crippen molar-refractivity contribution >= 4 is 23.1 Å². The largest absolute Gasteiger partial charge is 0.465 e. The molecule has 1 heterocycles. The Hall–Kier alpha value is -1.32. The molecule has 0 spiro atoms. The molecule has 1 aromatic carbocycles. The van der Waals surface area contributed by atoms with Gasteiger partial charge in [-0.15, -0.1) is 0 Å². The van der Waals surface area contributed by atoms with Crippen LogP contribution in [0.1, 0.15) is 22.3 Å². The van der Waals surface area contributed by atoms with Gasteiger partial charge in [0.05, 0.1) is 12.7 Å². The van der Waals surface area contributed by atoms with Crippen LogP contribution in [0.5, 0.6) is 0 Å². The van der Waals surface area contributed by atoms with E-state index in [9.17, 15) is 4.79 Å². The predicted octanol–water partition coefficient (Wildman–Crippen LogP) is 2.50. The smallest absolute Gasteiger partial charge is 0.338 e. The highest BCUT2D eigenvalue weighted by Gasteiger charge is 2.16. The van der Waals surface area contributed by atoms with E-state index in [1.807, 2.05) is 6.07 Å². The molecular weight excluding hydrogens is 238 g/mol. The Balaban J connectivity index is 2.45. The minimum absolute atomic E-state index is 0.345. The first kappa shape index (κ1) is 12.1. The van der Waals surface area contributed by atoms with Crippen LogP contribution in [-0.2, 0) is 4.74 Å². The molecule has 0 amide bonds. The molecule has 2 rings (SSSR count). The Labute approximate surface area is 105 Å². The highest BCUT2D eigenvalue weighted by atomic mass is 35.5. The first-order chi connectivity index (χ1) is 8.22. The molecule has 0 aliphatic carbocycles. The van der Waals surface area contributed by atoms with Crippen molar-refractivity contribution in [3.63, 3.8) is 0 Å². The van der Waals surface area contributed by atoms with Crippen LogP contribution in [-0.4, -0.2) is 26.2 Å². The first-order valence-corrected chi connectivity index (χ1v) is 5.88. The normalized spacial score (nSPS) is 15.3. The fourth-order valence-electron chi connectivity index (χ4n) is 1.94. The number of hydrogen-bond donors (Lipinski definition) is 1. The third-order valence-electron chi connectivity index (χ3n) is 2.80. The first-order valence-electron chi connectivity index (χ1n) is 5.50. The van der Waals surface area contributed by atoms with Gasteiger partial charge in [0, 0.05) is 11.6 Å². The summed E-state index contributed by atoms with van der Waals surface area (Å²) in [5.41, 5.74) is 2.62. The fourth-order valence-corrected chi connectivity index (χ4v) is 2.11. The van der Waals surface area contributed by atoms with Gasteiger partial charge in [-0.2, -0.15) is 0 Å². The fraction of sp³-hybridized carbons (Fsp3) is 0.308. The number of nitrogens with one attached hydrogen (secondary N) is 1. The van der Waals surface area contributed by atoms with E-state index < -0.39 is 0 Å². The molecule has 0 fully saturated rings. The van der Waals surface area contributed by atoms with Crippen LogP contribution < -0.4 is 5.32 Å². The highest BCUT2D eigenvalue weighted by Crippen LogP contribution is 2.26. The number of carbonyl (C=O) groups excluding carboxylic acids is 1. The van der Waals surface area contributed by atoms with E-state index in [2.05, 4.69) is 11.4 Å². The second-order valence-electron chi connectivity index (χ2n) is 3.86. The van der Waals surface area contributed by atoms with Gasteiger partial charge in [-0.25, -0.2) is 4.79 Å². The van der Waals surface area contributed by atoms with Crippen molar-refractivity contribution in [2.24, 2.45) is 0 Å². The molecule has 0 unspecified atom stereocenters. The lowest BCUT2D eigenvalue weighted by atomic mass is 9.95. The van der Waals surface area contributed by atoms with Gasteiger partial charge in [0.1, 0.15) is 0 Å². The quantitative estimate of drug-likeness (QED) is 0.821. The minimum atomic E-state index is -0.345. The van der Waals surface area contributed by atoms with Crippen molar-refractivity contribution in [3.05, 3.63) is 40.4 Å². The van der Waals surface area contributed by atoms with Crippen LogP contribution in [0.15, 0.2) is 24.3 Å². The predicted molar refractivity (Wildman–Crippen MR) is 68.3 cm³/mol. The van der Waals surface area contributed by atoms with Gasteiger partial charge < -0.3 is 10.1 Å². The molecule has 0 saturated carbocycles. The molecule has 0 bridgehead atoms. The lowest BCUT2D eigenvalue weighted by molar-refractivity contribution is 0.0600. The van der Waals surface area contributed by atoms with Gasteiger partial charge in [-0.3, -0.25) is 0 Å². The molecule has 3 nitrogen and oxygen atoms in total. The Morgan fingerprint density at radius 3 is 2.94 bits per heavy atom. The van der Waals surface area contributed by atoms with Crippen molar-refractivity contribution in [1.29, 1.82) is 0 Å². The van der Waals surface area contributed by atoms with E-state index in [1.54, 1.807) is 12.1 Å². The van der Waals surface area contributed by atoms with Crippen molar-refractivity contribution in [3.8, 4) is 0 Å². The lowest BCUT2D eigenvalue weighted by Crippen LogP contribution is -2.20. The molecule has 0 saturated heterocycles. The lowest BCUT2D eigenvalue weighted by Gasteiger charge is -2.16. The zero-order valence-electron chi connectivity index (χ0n) is 9.63. The Bertz CT molecular complexity index is 468. The number of rotatable bonds is 2. The maximum Gasteiger partial charge on any atom is 0.338 e. The second kappa shape index (κ2) is 5.34. The minimum Gasteiger partial charge on any atom is -0.465 e. The van der Waals surface area contributed by atoms with E-state index in [0.29, 0.717) is 10.6 Å². The summed E-state index contributed by atoms with van der Waals surface area (Å²) in [6.07, 6.45) is 3.00. The average Bonchev–Trinajstić information content (AvgIpc) is 2.38. The summed E-state index contributed by atoms with van der Waals surface area (Å²) in [5, 5.41) is 3.78. The summed E-state index contributed by atoms with van der Waals surface area (Å²) in [6.45, 7) is 1.76. The van der Waals surface area contributed by atoms with Crippen LogP contribution in [0.4, 0.5) is 0 Å². The maximum atomic E-state index is 11.7. The van der Waals surface area contributed by atoms with Crippen molar-refractivity contribution in [2.45, 2.75) is 6.42 Å². The third kappa shape index (κ3) is 2.68. The number of hydrogen-bond acceptors (Lipinski definition) is 3. The molecule has 0 radical (unpaired) electrons. The van der Waals surface area contributed by atoms with Crippen LogP contribution in [0.2, 0.25) is 5.02 Å². The van der Waals surface area contributed by atoms with Gasteiger partial charge in [0.25, 0.3) is 0 Å². The maximum absolute atomic E-state index is 11.7. The van der Waals surface area contributed by atoms with Gasteiger partial charge in [0.2, 0.25) is 0 Å². The van der Waals surface area contributed by atoms with Crippen molar-refractivity contribution < 1.29 is 9.53 Å². The molecule has 4 heteroatoms. The Kier molecular flexibility index (Phi) is 3.82. The van der Waals surface area contributed by atoms with E-state index in [0.717, 1.165) is 25.1 Å². The Morgan fingerprint density at radius 2 is 2.29 bits per heavy atom. The number of carbonyl (C=O) groups is 1. The molecule has 1 aliphatic rings. The van der Waals surface area contributed by atoms with Crippen LogP contribution in [0.3, 0.4) is 0 Å². The molecule has 0 aromatic heterocycles. The molecule has 0 atom stereocenters. The van der Waals surface area contributed by atoms with E-state index in [4.69, 9.17) is 16.3 Å². The molecule has 1 aromatic rings. The van der Waals surface area contributed by atoms with E-state index in [-0.39, 0.29) is 5.97 Å². The zero-order chi connectivity index (χ0) is 12.3. The molecular formula is C13H14ClNO2. The second-order valence-corrected chi connectivity index (χ2v) is 4.30. The molecule has 90 valence electrons. The SMILES string of the molecule is COC(=O)c1cc(Cl)ccc1C1=CCNCC1. The van der Waals surface area contributed by atoms with E-state index in [1.165, 1.54) is 12.7 Å². The number of esters is 1. The number of halogens is 1. The molecule has 17 heavy (non-hydrogen) atoms. The van der Waals surface area contributed by atoms with Crippen LogP contribution >= 0.6 is 11.6 Å². The summed E-state index contributed by atoms with van der Waals surface area (Å²) in [4.78, 5) is 11.7. The van der Waals surface area contributed by atoms with Crippen LogP contribution in [0, 0.1) is 0 Å². The van der Waals surface area contributed by atoms with Gasteiger partial charge in [-0.05, 0) is 36.2 Å². The number of benzene rings is 1. The van der Waals surface area contributed by atoms with Gasteiger partial charge in [-0.1, -0.05) is 23.7 Å². The number of methoxy groups -OCH3 is 1. The van der Waals surface area contributed by atoms with Gasteiger partial charge >= 0.3 is 5.97 Å². The highest BCUT2D eigenvalue weighted by molar-refractivity contribution is 6.31. The molecule has 1 aliphatic heterocycles. The van der Waals surface area contributed by atoms with Crippen molar-refractivity contribution in [1.82, 2.24) is 5.32 Å². The summed E-state index contributed by atoms with van der Waals surface area (Å²) < 4.78 is 4.78. The zero-order valence-corrected chi connectivity index (χ0v) is 10.4. The third-order valence-corrected chi connectivity index (χ3v) is 3.03. The molecule has 1 N–H and O–H groups in total. The standard InChI is InChI=1S/C13H14ClNO2/c1-17-13(16)12-8-10(14)2-3-11(12)9-4-6-15-7-5-9/h2-4,8,15H,5-7H2,1H3. The summed E-state index contributed by atoms with van der Waals surface area (Å²) in [5.74, 6) is -0.345. The Morgan fingerprint density at radius 1 is 1.47 bits per heavy atom. The monoisotopic (exact) mass is 251 g/mol.